The minimum atomic E-state index is -0.544. The molecule has 1 unspecified atom stereocenters. The number of piperazine rings is 1. The molecule has 1 saturated heterocycles. The largest absolute Gasteiger partial charge is 0.368 e. The van der Waals surface area contributed by atoms with E-state index in [2.05, 4.69) is 5.32 Å². The van der Waals surface area contributed by atoms with Crippen molar-refractivity contribution in [2.45, 2.75) is 13.0 Å². The number of carbonyl (C=O) groups excluding carboxylic acids is 2. The van der Waals surface area contributed by atoms with Crippen LogP contribution >= 0.6 is 11.3 Å². The lowest BCUT2D eigenvalue weighted by atomic mass is 10.1. The van der Waals surface area contributed by atoms with Gasteiger partial charge in [-0.05, 0) is 23.9 Å². The van der Waals surface area contributed by atoms with Crippen LogP contribution in [0.25, 0.3) is 0 Å². The van der Waals surface area contributed by atoms with Crippen LogP contribution in [0, 0.1) is 6.92 Å². The van der Waals surface area contributed by atoms with Crippen LogP contribution in [0.5, 0.6) is 0 Å². The third-order valence-corrected chi connectivity index (χ3v) is 3.89. The van der Waals surface area contributed by atoms with Gasteiger partial charge in [0.15, 0.2) is 0 Å². The Morgan fingerprint density at radius 3 is 2.94 bits per heavy atom. The molecule has 1 fully saturated rings. The Kier molecular flexibility index (Phi) is 3.44. The van der Waals surface area contributed by atoms with Gasteiger partial charge in [0.25, 0.3) is 5.91 Å². The number of nitrogens with two attached hydrogens (primary N) is 1. The molecule has 1 aliphatic rings. The van der Waals surface area contributed by atoms with Crippen LogP contribution in [0.15, 0.2) is 11.4 Å². The highest BCUT2D eigenvalue weighted by Crippen LogP contribution is 2.19. The highest BCUT2D eigenvalue weighted by atomic mass is 32.1. The number of hydrogen-bond acceptors (Lipinski definition) is 4. The molecule has 1 aromatic rings. The van der Waals surface area contributed by atoms with E-state index in [1.165, 1.54) is 11.3 Å². The van der Waals surface area contributed by atoms with Gasteiger partial charge in [-0.25, -0.2) is 0 Å². The fourth-order valence-corrected chi connectivity index (χ4v) is 2.80. The second-order valence-corrected chi connectivity index (χ2v) is 4.97. The summed E-state index contributed by atoms with van der Waals surface area (Å²) >= 11 is 1.40. The molecule has 6 heteroatoms. The number of aryl methyl sites for hydroxylation is 1. The Labute approximate surface area is 104 Å². The first-order valence-electron chi connectivity index (χ1n) is 5.46. The smallest absolute Gasteiger partial charge is 0.264 e. The molecular weight excluding hydrogens is 238 g/mol. The number of primary amides is 1. The van der Waals surface area contributed by atoms with Crippen LogP contribution in [0.3, 0.4) is 0 Å². The van der Waals surface area contributed by atoms with E-state index in [-0.39, 0.29) is 5.91 Å². The van der Waals surface area contributed by atoms with Gasteiger partial charge in [0, 0.05) is 19.6 Å². The number of hydrogen-bond donors (Lipinski definition) is 2. The molecule has 0 spiro atoms. The van der Waals surface area contributed by atoms with Crippen molar-refractivity contribution >= 4 is 23.2 Å². The van der Waals surface area contributed by atoms with Gasteiger partial charge in [-0.3, -0.25) is 9.59 Å². The number of rotatable bonds is 2. The quantitative estimate of drug-likeness (QED) is 0.776. The van der Waals surface area contributed by atoms with Crippen molar-refractivity contribution in [3.8, 4) is 0 Å². The maximum absolute atomic E-state index is 12.3. The van der Waals surface area contributed by atoms with Gasteiger partial charge >= 0.3 is 0 Å². The zero-order valence-corrected chi connectivity index (χ0v) is 10.4. The molecule has 5 nitrogen and oxygen atoms in total. The van der Waals surface area contributed by atoms with E-state index in [0.717, 1.165) is 5.56 Å². The van der Waals surface area contributed by atoms with Crippen LogP contribution in [0.1, 0.15) is 15.2 Å². The Bertz CT molecular complexity index is 444. The third kappa shape index (κ3) is 2.32. The summed E-state index contributed by atoms with van der Waals surface area (Å²) in [7, 11) is 0. The molecule has 2 rings (SSSR count). The monoisotopic (exact) mass is 253 g/mol. The molecule has 0 aliphatic carbocycles. The standard InChI is InChI=1S/C11H15N3O2S/c1-7-2-5-17-9(7)11(16)14-4-3-13-6-8(14)10(12)15/h2,5,8,13H,3-4,6H2,1H3,(H2,12,15). The molecule has 0 aromatic carbocycles. The van der Waals surface area contributed by atoms with Crippen LogP contribution < -0.4 is 11.1 Å². The summed E-state index contributed by atoms with van der Waals surface area (Å²) in [5.74, 6) is -0.553. The van der Waals surface area contributed by atoms with Crippen LogP contribution in [0.2, 0.25) is 0 Å². The molecule has 1 aromatic heterocycles. The van der Waals surface area contributed by atoms with Crippen molar-refractivity contribution in [3.63, 3.8) is 0 Å². The van der Waals surface area contributed by atoms with Gasteiger partial charge in [0.1, 0.15) is 6.04 Å². The molecule has 0 saturated carbocycles. The van der Waals surface area contributed by atoms with E-state index in [9.17, 15) is 9.59 Å². The van der Waals surface area contributed by atoms with Crippen molar-refractivity contribution in [1.29, 1.82) is 0 Å². The molecule has 3 N–H and O–H groups in total. The number of carbonyl (C=O) groups is 2. The van der Waals surface area contributed by atoms with Crippen molar-refractivity contribution < 1.29 is 9.59 Å². The van der Waals surface area contributed by atoms with E-state index >= 15 is 0 Å². The van der Waals surface area contributed by atoms with Crippen LogP contribution in [0.4, 0.5) is 0 Å². The fraction of sp³-hybridized carbons (Fsp3) is 0.455. The predicted molar refractivity (Wildman–Crippen MR) is 65.9 cm³/mol. The second kappa shape index (κ2) is 4.85. The maximum atomic E-state index is 12.3. The summed E-state index contributed by atoms with van der Waals surface area (Å²) in [6, 6.07) is 1.36. The predicted octanol–water partition coefficient (Wildman–Crippen LogP) is -0.0442. The normalized spacial score (nSPS) is 20.3. The average Bonchev–Trinajstić information content (AvgIpc) is 2.74. The van der Waals surface area contributed by atoms with E-state index in [1.54, 1.807) is 4.90 Å². The van der Waals surface area contributed by atoms with Gasteiger partial charge in [-0.1, -0.05) is 0 Å². The van der Waals surface area contributed by atoms with Gasteiger partial charge in [0.2, 0.25) is 5.91 Å². The highest BCUT2D eigenvalue weighted by molar-refractivity contribution is 7.12. The number of nitrogens with one attached hydrogen (secondary N) is 1. The van der Waals surface area contributed by atoms with Crippen LogP contribution in [-0.2, 0) is 4.79 Å². The Hall–Kier alpha value is -1.40. The number of thiophene rings is 1. The highest BCUT2D eigenvalue weighted by Gasteiger charge is 2.32. The minimum Gasteiger partial charge on any atom is -0.368 e. The van der Waals surface area contributed by atoms with Gasteiger partial charge in [-0.15, -0.1) is 11.3 Å². The lowest BCUT2D eigenvalue weighted by molar-refractivity contribution is -0.122. The zero-order valence-electron chi connectivity index (χ0n) is 9.60. The minimum absolute atomic E-state index is 0.0946. The summed E-state index contributed by atoms with van der Waals surface area (Å²) in [5, 5.41) is 4.95. The number of nitrogens with zero attached hydrogens (tertiary/aromatic N) is 1. The molecule has 0 radical (unpaired) electrons. The van der Waals surface area contributed by atoms with Crippen molar-refractivity contribution in [1.82, 2.24) is 10.2 Å². The van der Waals surface area contributed by atoms with Crippen molar-refractivity contribution in [2.75, 3.05) is 19.6 Å². The van der Waals surface area contributed by atoms with E-state index in [0.29, 0.717) is 24.5 Å². The van der Waals surface area contributed by atoms with Gasteiger partial charge in [-0.2, -0.15) is 0 Å². The van der Waals surface area contributed by atoms with E-state index in [1.807, 2.05) is 18.4 Å². The first kappa shape index (κ1) is 12.1. The summed E-state index contributed by atoms with van der Waals surface area (Å²) in [5.41, 5.74) is 6.26. The molecule has 2 amide bonds. The molecule has 92 valence electrons. The van der Waals surface area contributed by atoms with Gasteiger partial charge in [0.05, 0.1) is 4.88 Å². The number of amides is 2. The Morgan fingerprint density at radius 2 is 2.35 bits per heavy atom. The Morgan fingerprint density at radius 1 is 1.59 bits per heavy atom. The SMILES string of the molecule is Cc1ccsc1C(=O)N1CCNCC1C(N)=O. The fourth-order valence-electron chi connectivity index (χ4n) is 1.92. The average molecular weight is 253 g/mol. The van der Waals surface area contributed by atoms with E-state index < -0.39 is 11.9 Å². The molecule has 1 atom stereocenters. The summed E-state index contributed by atoms with van der Waals surface area (Å²) in [4.78, 5) is 25.9. The molecular formula is C11H15N3O2S. The molecule has 1 aliphatic heterocycles. The maximum Gasteiger partial charge on any atom is 0.264 e. The first-order chi connectivity index (χ1) is 8.11. The lowest BCUT2D eigenvalue weighted by Crippen LogP contribution is -2.58. The lowest BCUT2D eigenvalue weighted by Gasteiger charge is -2.34. The van der Waals surface area contributed by atoms with Gasteiger partial charge < -0.3 is 16.0 Å². The first-order valence-corrected chi connectivity index (χ1v) is 6.34. The molecule has 2 heterocycles. The topological polar surface area (TPSA) is 75.4 Å². The van der Waals surface area contributed by atoms with E-state index in [4.69, 9.17) is 5.73 Å². The third-order valence-electron chi connectivity index (χ3n) is 2.89. The summed E-state index contributed by atoms with van der Waals surface area (Å²) in [6.07, 6.45) is 0. The summed E-state index contributed by atoms with van der Waals surface area (Å²) in [6.45, 7) is 3.54. The van der Waals surface area contributed by atoms with Crippen LogP contribution in [-0.4, -0.2) is 42.4 Å². The molecule has 17 heavy (non-hydrogen) atoms. The molecule has 0 bridgehead atoms. The van der Waals surface area contributed by atoms with Crippen molar-refractivity contribution in [2.24, 2.45) is 5.73 Å². The zero-order chi connectivity index (χ0) is 12.4. The van der Waals surface area contributed by atoms with Crippen molar-refractivity contribution in [3.05, 3.63) is 21.9 Å². The second-order valence-electron chi connectivity index (χ2n) is 4.05. The Balaban J connectivity index is 2.23. The summed E-state index contributed by atoms with van der Waals surface area (Å²) < 4.78 is 0.